The Hall–Kier alpha value is -3.94. The fraction of sp³-hybridized carbons (Fsp3) is 0.258. The number of halogens is 1. The maximum atomic E-state index is 13.5. The van der Waals surface area contributed by atoms with Crippen LogP contribution in [0.1, 0.15) is 34.3 Å². The van der Waals surface area contributed by atoms with Crippen molar-refractivity contribution in [3.63, 3.8) is 0 Å². The molecule has 3 aromatic carbocycles. The van der Waals surface area contributed by atoms with E-state index in [1.165, 1.54) is 4.90 Å². The summed E-state index contributed by atoms with van der Waals surface area (Å²) >= 11 is 6.32. The molecule has 4 aromatic rings. The van der Waals surface area contributed by atoms with Crippen LogP contribution < -0.4 is 5.32 Å². The van der Waals surface area contributed by atoms with Gasteiger partial charge in [-0.2, -0.15) is 0 Å². The lowest BCUT2D eigenvalue weighted by molar-refractivity contribution is -0.117. The van der Waals surface area contributed by atoms with Gasteiger partial charge in [0.25, 0.3) is 5.91 Å². The number of nitrogens with one attached hydrogen (secondary N) is 1. The smallest absolute Gasteiger partial charge is 0.255 e. The van der Waals surface area contributed by atoms with Gasteiger partial charge in [0, 0.05) is 30.6 Å². The largest absolute Gasteiger partial charge is 0.376 e. The molecule has 8 heteroatoms. The summed E-state index contributed by atoms with van der Waals surface area (Å²) in [6.45, 7) is 4.85. The number of rotatable bonds is 8. The number of hydrogen-bond acceptors (Lipinski definition) is 4. The summed E-state index contributed by atoms with van der Waals surface area (Å²) in [6, 6.07) is 22.9. The molecule has 0 radical (unpaired) electrons. The number of hydrogen-bond donors (Lipinski definition) is 1. The molecule has 1 aliphatic heterocycles. The van der Waals surface area contributed by atoms with E-state index in [2.05, 4.69) is 5.32 Å². The van der Waals surface area contributed by atoms with Crippen LogP contribution in [0.25, 0.3) is 16.9 Å². The van der Waals surface area contributed by atoms with Crippen LogP contribution in [0.3, 0.4) is 0 Å². The number of imidazole rings is 1. The van der Waals surface area contributed by atoms with Gasteiger partial charge >= 0.3 is 0 Å². The second-order valence-corrected chi connectivity index (χ2v) is 10.3. The molecule has 200 valence electrons. The highest BCUT2D eigenvalue weighted by molar-refractivity contribution is 6.33. The molecular formula is C31H31ClN4O3. The number of benzene rings is 3. The van der Waals surface area contributed by atoms with Crippen LogP contribution in [0, 0.1) is 13.8 Å². The fourth-order valence-corrected chi connectivity index (χ4v) is 4.85. The van der Waals surface area contributed by atoms with Gasteiger partial charge in [0.1, 0.15) is 6.54 Å². The van der Waals surface area contributed by atoms with Crippen LogP contribution in [0.15, 0.2) is 79.0 Å². The van der Waals surface area contributed by atoms with Crippen molar-refractivity contribution in [2.75, 3.05) is 25.0 Å². The molecule has 1 fully saturated rings. The third-order valence-corrected chi connectivity index (χ3v) is 7.12. The van der Waals surface area contributed by atoms with Crippen molar-refractivity contribution >= 4 is 29.4 Å². The van der Waals surface area contributed by atoms with Crippen molar-refractivity contribution in [3.05, 3.63) is 101 Å². The van der Waals surface area contributed by atoms with Crippen LogP contribution in [0.2, 0.25) is 5.02 Å². The van der Waals surface area contributed by atoms with Crippen molar-refractivity contribution in [2.24, 2.45) is 0 Å². The van der Waals surface area contributed by atoms with Crippen molar-refractivity contribution in [1.29, 1.82) is 0 Å². The lowest BCUT2D eigenvalue weighted by Gasteiger charge is -2.25. The van der Waals surface area contributed by atoms with E-state index in [1.54, 1.807) is 24.3 Å². The van der Waals surface area contributed by atoms with Gasteiger partial charge in [-0.15, -0.1) is 0 Å². The molecule has 0 bridgehead atoms. The number of aromatic nitrogens is 2. The lowest BCUT2D eigenvalue weighted by Crippen LogP contribution is -2.42. The first-order valence-corrected chi connectivity index (χ1v) is 13.4. The molecule has 7 nitrogen and oxygen atoms in total. The minimum Gasteiger partial charge on any atom is -0.376 e. The Balaban J connectivity index is 1.42. The first-order valence-electron chi connectivity index (χ1n) is 13.1. The van der Waals surface area contributed by atoms with Crippen LogP contribution in [0.4, 0.5) is 5.95 Å². The van der Waals surface area contributed by atoms with Gasteiger partial charge < -0.3 is 9.64 Å². The quantitative estimate of drug-likeness (QED) is 0.293. The summed E-state index contributed by atoms with van der Waals surface area (Å²) in [5.74, 6) is -0.294. The molecule has 1 aromatic heterocycles. The predicted molar refractivity (Wildman–Crippen MR) is 153 cm³/mol. The highest BCUT2D eigenvalue weighted by Gasteiger charge is 2.27. The number of anilines is 1. The number of amides is 2. The number of ether oxygens (including phenoxy) is 1. The maximum absolute atomic E-state index is 13.5. The number of carbonyl (C=O) groups excluding carboxylic acids is 2. The van der Waals surface area contributed by atoms with Gasteiger partial charge in [0.05, 0.1) is 22.4 Å². The number of carbonyl (C=O) groups is 2. The Kier molecular flexibility index (Phi) is 8.10. The SMILES string of the molecule is Cc1ccc(-c2cn(-c3ccc(C)cc3)c(NC(=O)CN(C[C@H]3CCCO3)C(=O)c3ccccc3Cl)n2)cc1. The minimum absolute atomic E-state index is 0.119. The monoisotopic (exact) mass is 542 g/mol. The summed E-state index contributed by atoms with van der Waals surface area (Å²) in [6.07, 6.45) is 3.56. The molecule has 1 aliphatic rings. The fourth-order valence-electron chi connectivity index (χ4n) is 4.63. The molecule has 1 N–H and O–H groups in total. The van der Waals surface area contributed by atoms with E-state index in [1.807, 2.05) is 73.1 Å². The zero-order chi connectivity index (χ0) is 27.4. The highest BCUT2D eigenvalue weighted by atomic mass is 35.5. The average Bonchev–Trinajstić information content (AvgIpc) is 3.59. The molecule has 39 heavy (non-hydrogen) atoms. The van der Waals surface area contributed by atoms with Crippen molar-refractivity contribution in [3.8, 4) is 16.9 Å². The van der Waals surface area contributed by atoms with Crippen molar-refractivity contribution < 1.29 is 14.3 Å². The first kappa shape index (κ1) is 26.7. The van der Waals surface area contributed by atoms with Gasteiger partial charge in [0.2, 0.25) is 11.9 Å². The maximum Gasteiger partial charge on any atom is 0.255 e. The van der Waals surface area contributed by atoms with Gasteiger partial charge in [-0.1, -0.05) is 71.3 Å². The molecule has 5 rings (SSSR count). The standard InChI is InChI=1S/C31H31ClN4O3/c1-21-9-13-23(14-10-21)28-19-36(24-15-11-22(2)12-16-24)31(33-28)34-29(37)20-35(18-25-6-5-17-39-25)30(38)26-7-3-4-8-27(26)32/h3-4,7-16,19,25H,5-6,17-18,20H2,1-2H3,(H,33,34,37)/t25-/m1/s1. The van der Waals surface area contributed by atoms with Crippen LogP contribution >= 0.6 is 11.6 Å². The molecule has 0 aliphatic carbocycles. The summed E-state index contributed by atoms with van der Waals surface area (Å²) in [4.78, 5) is 33.1. The second-order valence-electron chi connectivity index (χ2n) is 9.87. The van der Waals surface area contributed by atoms with E-state index in [0.29, 0.717) is 29.7 Å². The summed E-state index contributed by atoms with van der Waals surface area (Å²) < 4.78 is 7.63. The molecule has 2 amide bonds. The van der Waals surface area contributed by atoms with Gasteiger partial charge in [0.15, 0.2) is 0 Å². The second kappa shape index (κ2) is 11.8. The zero-order valence-corrected chi connectivity index (χ0v) is 22.8. The summed E-state index contributed by atoms with van der Waals surface area (Å²) in [5.41, 5.74) is 5.17. The third kappa shape index (κ3) is 6.38. The Bertz CT molecular complexity index is 1460. The average molecular weight is 543 g/mol. The zero-order valence-electron chi connectivity index (χ0n) is 22.1. The molecule has 1 saturated heterocycles. The minimum atomic E-state index is -0.359. The van der Waals surface area contributed by atoms with Crippen molar-refractivity contribution in [1.82, 2.24) is 14.5 Å². The molecule has 2 heterocycles. The van der Waals surface area contributed by atoms with Gasteiger partial charge in [-0.3, -0.25) is 19.5 Å². The Labute approximate surface area is 233 Å². The number of nitrogens with zero attached hydrogens (tertiary/aromatic N) is 3. The molecule has 0 spiro atoms. The van der Waals surface area contributed by atoms with Crippen molar-refractivity contribution in [2.45, 2.75) is 32.8 Å². The first-order chi connectivity index (χ1) is 18.9. The summed E-state index contributed by atoms with van der Waals surface area (Å²) in [7, 11) is 0. The molecule has 1 atom stereocenters. The van der Waals surface area contributed by atoms with E-state index in [-0.39, 0.29) is 24.5 Å². The van der Waals surface area contributed by atoms with Crippen LogP contribution in [0.5, 0.6) is 0 Å². The van der Waals surface area contributed by atoms with E-state index >= 15 is 0 Å². The Morgan fingerprint density at radius 3 is 2.38 bits per heavy atom. The van der Waals surface area contributed by atoms with E-state index in [0.717, 1.165) is 40.9 Å². The molecule has 0 saturated carbocycles. The van der Waals surface area contributed by atoms with Crippen LogP contribution in [-0.2, 0) is 9.53 Å². The van der Waals surface area contributed by atoms with Crippen LogP contribution in [-0.4, -0.2) is 52.1 Å². The third-order valence-electron chi connectivity index (χ3n) is 6.79. The number of aryl methyl sites for hydroxylation is 2. The Morgan fingerprint density at radius 2 is 1.72 bits per heavy atom. The Morgan fingerprint density at radius 1 is 1.03 bits per heavy atom. The van der Waals surface area contributed by atoms with E-state index in [4.69, 9.17) is 21.3 Å². The van der Waals surface area contributed by atoms with E-state index < -0.39 is 0 Å². The summed E-state index contributed by atoms with van der Waals surface area (Å²) in [5, 5.41) is 3.29. The normalized spacial score (nSPS) is 14.8. The lowest BCUT2D eigenvalue weighted by atomic mass is 10.1. The van der Waals surface area contributed by atoms with Gasteiger partial charge in [-0.25, -0.2) is 4.98 Å². The molecular weight excluding hydrogens is 512 g/mol. The highest BCUT2D eigenvalue weighted by Crippen LogP contribution is 2.25. The predicted octanol–water partition coefficient (Wildman–Crippen LogP) is 6.07. The topological polar surface area (TPSA) is 76.5 Å². The van der Waals surface area contributed by atoms with E-state index in [9.17, 15) is 9.59 Å². The molecule has 0 unspecified atom stereocenters. The van der Waals surface area contributed by atoms with Gasteiger partial charge in [-0.05, 0) is 51.0 Å².